The molecule has 2 aliphatic heterocycles. The van der Waals surface area contributed by atoms with Gasteiger partial charge in [-0.1, -0.05) is 6.07 Å². The second-order valence-electron chi connectivity index (χ2n) is 7.33. The summed E-state index contributed by atoms with van der Waals surface area (Å²) >= 11 is 0. The Bertz CT molecular complexity index is 638. The fourth-order valence-electron chi connectivity index (χ4n) is 4.10. The number of carbonyl (C=O) groups is 2. The summed E-state index contributed by atoms with van der Waals surface area (Å²) in [7, 11) is 0. The highest BCUT2D eigenvalue weighted by Crippen LogP contribution is 2.22. The van der Waals surface area contributed by atoms with Crippen LogP contribution in [0.25, 0.3) is 0 Å². The average molecular weight is 344 g/mol. The first-order valence-corrected chi connectivity index (χ1v) is 9.39. The van der Waals surface area contributed by atoms with E-state index in [4.69, 9.17) is 5.11 Å². The molecule has 1 unspecified atom stereocenters. The molecule has 5 heteroatoms. The molecule has 1 aromatic rings. The van der Waals surface area contributed by atoms with Crippen LogP contribution in [0.1, 0.15) is 53.6 Å². The number of nitrogens with zero attached hydrogens (tertiary/aromatic N) is 2. The normalized spacial score (nSPS) is 22.0. The highest BCUT2D eigenvalue weighted by atomic mass is 16.4. The number of likely N-dealkylation sites (tertiary alicyclic amines) is 2. The maximum absolute atomic E-state index is 12.7. The molecule has 2 heterocycles. The molecule has 1 atom stereocenters. The van der Waals surface area contributed by atoms with Gasteiger partial charge in [0.25, 0.3) is 0 Å². The average Bonchev–Trinajstić information content (AvgIpc) is 3.01. The molecule has 2 saturated heterocycles. The Morgan fingerprint density at radius 1 is 1.08 bits per heavy atom. The van der Waals surface area contributed by atoms with Crippen molar-refractivity contribution < 1.29 is 14.7 Å². The molecule has 136 valence electrons. The van der Waals surface area contributed by atoms with Crippen LogP contribution in [0.15, 0.2) is 18.2 Å². The summed E-state index contributed by atoms with van der Waals surface area (Å²) in [4.78, 5) is 28.3. The van der Waals surface area contributed by atoms with E-state index in [-0.39, 0.29) is 11.5 Å². The third-order valence-corrected chi connectivity index (χ3v) is 5.64. The Kier molecular flexibility index (Phi) is 5.74. The molecule has 0 spiro atoms. The molecule has 0 radical (unpaired) electrons. The van der Waals surface area contributed by atoms with Crippen LogP contribution in [-0.2, 0) is 11.2 Å². The SMILES string of the molecule is Cc1cc(C(=O)O)ccc1CC(=O)N1CCCC(N2CCCC2)CC1. The van der Waals surface area contributed by atoms with Crippen LogP contribution in [-0.4, -0.2) is 59.0 Å². The van der Waals surface area contributed by atoms with Crippen LogP contribution >= 0.6 is 0 Å². The standard InChI is InChI=1S/C20H28N2O3/c1-15-13-17(20(24)25)7-6-16(15)14-19(23)22-11-4-5-18(8-12-22)21-9-2-3-10-21/h6-7,13,18H,2-5,8-12,14H2,1H3,(H,24,25). The number of carbonyl (C=O) groups excluding carboxylic acids is 1. The molecular formula is C20H28N2O3. The van der Waals surface area contributed by atoms with Gasteiger partial charge in [-0.2, -0.15) is 0 Å². The predicted octanol–water partition coefficient (Wildman–Crippen LogP) is 2.71. The maximum Gasteiger partial charge on any atom is 0.335 e. The molecule has 1 N–H and O–H groups in total. The summed E-state index contributed by atoms with van der Waals surface area (Å²) in [5.41, 5.74) is 2.07. The lowest BCUT2D eigenvalue weighted by Gasteiger charge is -2.26. The number of amides is 1. The molecule has 0 bridgehead atoms. The number of carboxylic acids is 1. The van der Waals surface area contributed by atoms with Crippen LogP contribution in [0, 0.1) is 6.92 Å². The van der Waals surface area contributed by atoms with Gasteiger partial charge in [0, 0.05) is 19.1 Å². The van der Waals surface area contributed by atoms with Gasteiger partial charge in [0.05, 0.1) is 12.0 Å². The Hall–Kier alpha value is -1.88. The van der Waals surface area contributed by atoms with E-state index in [2.05, 4.69) is 4.90 Å². The van der Waals surface area contributed by atoms with Gasteiger partial charge in [0.1, 0.15) is 0 Å². The van der Waals surface area contributed by atoms with E-state index in [1.165, 1.54) is 32.4 Å². The summed E-state index contributed by atoms with van der Waals surface area (Å²) in [6.45, 7) is 5.99. The molecule has 2 fully saturated rings. The Labute approximate surface area is 149 Å². The first-order valence-electron chi connectivity index (χ1n) is 9.39. The monoisotopic (exact) mass is 344 g/mol. The topological polar surface area (TPSA) is 60.9 Å². The lowest BCUT2D eigenvalue weighted by atomic mass is 10.0. The predicted molar refractivity (Wildman–Crippen MR) is 96.9 cm³/mol. The second-order valence-corrected chi connectivity index (χ2v) is 7.33. The largest absolute Gasteiger partial charge is 0.478 e. The summed E-state index contributed by atoms with van der Waals surface area (Å²) < 4.78 is 0. The number of hydrogen-bond donors (Lipinski definition) is 1. The van der Waals surface area contributed by atoms with Crippen molar-refractivity contribution in [2.24, 2.45) is 0 Å². The lowest BCUT2D eigenvalue weighted by Crippen LogP contribution is -2.36. The second kappa shape index (κ2) is 8.00. The molecular weight excluding hydrogens is 316 g/mol. The minimum atomic E-state index is -0.929. The van der Waals surface area contributed by atoms with Crippen molar-refractivity contribution >= 4 is 11.9 Å². The first-order chi connectivity index (χ1) is 12.0. The number of hydrogen-bond acceptors (Lipinski definition) is 3. The van der Waals surface area contributed by atoms with E-state index < -0.39 is 5.97 Å². The maximum atomic E-state index is 12.7. The zero-order valence-electron chi connectivity index (χ0n) is 15.0. The van der Waals surface area contributed by atoms with E-state index in [9.17, 15) is 9.59 Å². The summed E-state index contributed by atoms with van der Waals surface area (Å²) in [6, 6.07) is 5.65. The number of rotatable bonds is 4. The molecule has 0 aliphatic carbocycles. The zero-order chi connectivity index (χ0) is 17.8. The van der Waals surface area contributed by atoms with Gasteiger partial charge in [0.2, 0.25) is 5.91 Å². The minimum absolute atomic E-state index is 0.160. The van der Waals surface area contributed by atoms with E-state index >= 15 is 0 Å². The van der Waals surface area contributed by atoms with Crippen molar-refractivity contribution in [3.8, 4) is 0 Å². The van der Waals surface area contributed by atoms with Crippen molar-refractivity contribution in [2.45, 2.75) is 51.5 Å². The van der Waals surface area contributed by atoms with Gasteiger partial charge in [-0.25, -0.2) is 4.79 Å². The number of benzene rings is 1. The fourth-order valence-corrected chi connectivity index (χ4v) is 4.10. The first kappa shape index (κ1) is 17.9. The number of aromatic carboxylic acids is 1. The van der Waals surface area contributed by atoms with Gasteiger partial charge in [0.15, 0.2) is 0 Å². The number of aryl methyl sites for hydroxylation is 1. The lowest BCUT2D eigenvalue weighted by molar-refractivity contribution is -0.130. The van der Waals surface area contributed by atoms with Crippen LogP contribution in [0.5, 0.6) is 0 Å². The fraction of sp³-hybridized carbons (Fsp3) is 0.600. The Balaban J connectivity index is 1.58. The van der Waals surface area contributed by atoms with Crippen molar-refractivity contribution in [3.05, 3.63) is 34.9 Å². The third kappa shape index (κ3) is 4.40. The van der Waals surface area contributed by atoms with E-state index in [1.54, 1.807) is 18.2 Å². The van der Waals surface area contributed by atoms with Crippen molar-refractivity contribution in [1.82, 2.24) is 9.80 Å². The molecule has 1 amide bonds. The van der Waals surface area contributed by atoms with E-state index in [1.807, 2.05) is 11.8 Å². The van der Waals surface area contributed by atoms with Gasteiger partial charge < -0.3 is 14.9 Å². The summed E-state index contributed by atoms with van der Waals surface area (Å²) in [6.07, 6.45) is 6.32. The molecule has 3 rings (SSSR count). The summed E-state index contributed by atoms with van der Waals surface area (Å²) in [5, 5.41) is 9.05. The van der Waals surface area contributed by atoms with Crippen LogP contribution < -0.4 is 0 Å². The van der Waals surface area contributed by atoms with Crippen LogP contribution in [0.2, 0.25) is 0 Å². The zero-order valence-corrected chi connectivity index (χ0v) is 15.0. The Morgan fingerprint density at radius 2 is 1.84 bits per heavy atom. The van der Waals surface area contributed by atoms with Gasteiger partial charge >= 0.3 is 5.97 Å². The molecule has 0 aromatic heterocycles. The van der Waals surface area contributed by atoms with Crippen LogP contribution in [0.4, 0.5) is 0 Å². The molecule has 0 saturated carbocycles. The highest BCUT2D eigenvalue weighted by molar-refractivity contribution is 5.88. The smallest absolute Gasteiger partial charge is 0.335 e. The van der Waals surface area contributed by atoms with Gasteiger partial charge in [-0.15, -0.1) is 0 Å². The van der Waals surface area contributed by atoms with E-state index in [0.717, 1.165) is 37.1 Å². The number of carboxylic acid groups (broad SMARTS) is 1. The summed E-state index contributed by atoms with van der Waals surface area (Å²) in [5.74, 6) is -0.769. The third-order valence-electron chi connectivity index (χ3n) is 5.64. The van der Waals surface area contributed by atoms with Crippen molar-refractivity contribution in [1.29, 1.82) is 0 Å². The molecule has 1 aromatic carbocycles. The van der Waals surface area contributed by atoms with Crippen molar-refractivity contribution in [3.63, 3.8) is 0 Å². The molecule has 5 nitrogen and oxygen atoms in total. The van der Waals surface area contributed by atoms with Gasteiger partial charge in [-0.05, 0) is 75.4 Å². The van der Waals surface area contributed by atoms with E-state index in [0.29, 0.717) is 12.5 Å². The van der Waals surface area contributed by atoms with Crippen molar-refractivity contribution in [2.75, 3.05) is 26.2 Å². The quantitative estimate of drug-likeness (QED) is 0.912. The van der Waals surface area contributed by atoms with Crippen LogP contribution in [0.3, 0.4) is 0 Å². The highest BCUT2D eigenvalue weighted by Gasteiger charge is 2.26. The van der Waals surface area contributed by atoms with Gasteiger partial charge in [-0.3, -0.25) is 4.79 Å². The Morgan fingerprint density at radius 3 is 2.52 bits per heavy atom. The molecule has 25 heavy (non-hydrogen) atoms. The molecule has 2 aliphatic rings. The minimum Gasteiger partial charge on any atom is -0.478 e.